The van der Waals surface area contributed by atoms with Crippen molar-refractivity contribution in [1.29, 1.82) is 0 Å². The van der Waals surface area contributed by atoms with Crippen molar-refractivity contribution in [3.05, 3.63) is 59.7 Å². The SMILES string of the molecule is COc1ccc(C)cc1NC(=O)[C@H]([NH2+]C1CC1)c1ccccc1. The van der Waals surface area contributed by atoms with Crippen LogP contribution >= 0.6 is 0 Å². The van der Waals surface area contributed by atoms with Gasteiger partial charge in [0.2, 0.25) is 0 Å². The molecule has 3 rings (SSSR count). The average molecular weight is 311 g/mol. The number of methoxy groups -OCH3 is 1. The summed E-state index contributed by atoms with van der Waals surface area (Å²) in [4.78, 5) is 12.9. The van der Waals surface area contributed by atoms with Crippen LogP contribution in [-0.4, -0.2) is 19.1 Å². The van der Waals surface area contributed by atoms with Gasteiger partial charge in [-0.1, -0.05) is 36.4 Å². The molecule has 4 heteroatoms. The molecule has 3 N–H and O–H groups in total. The van der Waals surface area contributed by atoms with Gasteiger partial charge < -0.3 is 15.4 Å². The third-order valence-corrected chi connectivity index (χ3v) is 4.14. The molecule has 0 aliphatic heterocycles. The first kappa shape index (κ1) is 15.6. The van der Waals surface area contributed by atoms with Gasteiger partial charge in [0.1, 0.15) is 5.75 Å². The summed E-state index contributed by atoms with van der Waals surface area (Å²) in [5, 5.41) is 5.21. The lowest BCUT2D eigenvalue weighted by Gasteiger charge is -2.17. The Kier molecular flexibility index (Phi) is 4.63. The van der Waals surface area contributed by atoms with E-state index in [0.29, 0.717) is 11.8 Å². The van der Waals surface area contributed by atoms with Gasteiger partial charge in [-0.05, 0) is 24.6 Å². The molecule has 0 spiro atoms. The standard InChI is InChI=1S/C19H22N2O2/c1-13-8-11-17(23-2)16(12-13)21-19(22)18(20-15-9-10-15)14-6-4-3-5-7-14/h3-8,11-12,15,18,20H,9-10H2,1-2H3,(H,21,22)/p+1/t18-/m1/s1. The number of aryl methyl sites for hydroxylation is 1. The first-order valence-corrected chi connectivity index (χ1v) is 8.03. The quantitative estimate of drug-likeness (QED) is 0.861. The van der Waals surface area contributed by atoms with Gasteiger partial charge in [0.25, 0.3) is 5.91 Å². The highest BCUT2D eigenvalue weighted by Gasteiger charge is 2.34. The lowest BCUT2D eigenvalue weighted by molar-refractivity contribution is -0.695. The lowest BCUT2D eigenvalue weighted by atomic mass is 10.1. The van der Waals surface area contributed by atoms with Gasteiger partial charge in [-0.15, -0.1) is 0 Å². The van der Waals surface area contributed by atoms with Crippen LogP contribution in [0.2, 0.25) is 0 Å². The van der Waals surface area contributed by atoms with Gasteiger partial charge in [0, 0.05) is 18.4 Å². The summed E-state index contributed by atoms with van der Waals surface area (Å²) in [5.41, 5.74) is 2.84. The maximum absolute atomic E-state index is 12.9. The molecule has 120 valence electrons. The molecular weight excluding hydrogens is 288 g/mol. The zero-order valence-electron chi connectivity index (χ0n) is 13.6. The number of hydrogen-bond acceptors (Lipinski definition) is 2. The Bertz CT molecular complexity index is 681. The van der Waals surface area contributed by atoms with E-state index in [1.165, 1.54) is 12.8 Å². The van der Waals surface area contributed by atoms with E-state index in [0.717, 1.165) is 16.8 Å². The van der Waals surface area contributed by atoms with Crippen molar-refractivity contribution >= 4 is 11.6 Å². The highest BCUT2D eigenvalue weighted by atomic mass is 16.5. The first-order valence-electron chi connectivity index (χ1n) is 8.03. The van der Waals surface area contributed by atoms with Crippen LogP contribution in [0.4, 0.5) is 5.69 Å². The van der Waals surface area contributed by atoms with Crippen LogP contribution in [0.5, 0.6) is 5.75 Å². The predicted molar refractivity (Wildman–Crippen MR) is 90.5 cm³/mol. The number of amides is 1. The van der Waals surface area contributed by atoms with Gasteiger partial charge >= 0.3 is 0 Å². The Morgan fingerprint density at radius 2 is 1.96 bits per heavy atom. The molecule has 2 aromatic carbocycles. The molecule has 2 aromatic rings. The maximum atomic E-state index is 12.9. The number of ether oxygens (including phenoxy) is 1. The molecule has 0 bridgehead atoms. The van der Waals surface area contributed by atoms with Crippen LogP contribution in [0, 0.1) is 6.92 Å². The van der Waals surface area contributed by atoms with E-state index >= 15 is 0 Å². The second kappa shape index (κ2) is 6.84. The number of benzene rings is 2. The third-order valence-electron chi connectivity index (χ3n) is 4.14. The number of carbonyl (C=O) groups is 1. The number of nitrogens with one attached hydrogen (secondary N) is 1. The number of nitrogens with two attached hydrogens (primary N) is 1. The fourth-order valence-corrected chi connectivity index (χ4v) is 2.70. The van der Waals surface area contributed by atoms with E-state index in [2.05, 4.69) is 10.6 Å². The van der Waals surface area contributed by atoms with Crippen molar-refractivity contribution in [1.82, 2.24) is 0 Å². The van der Waals surface area contributed by atoms with Gasteiger partial charge in [-0.2, -0.15) is 0 Å². The minimum Gasteiger partial charge on any atom is -0.495 e. The molecule has 0 heterocycles. The first-order chi connectivity index (χ1) is 11.2. The van der Waals surface area contributed by atoms with Crippen molar-refractivity contribution in [2.75, 3.05) is 12.4 Å². The molecular formula is C19H23N2O2+. The molecule has 1 saturated carbocycles. The monoisotopic (exact) mass is 311 g/mol. The van der Waals surface area contributed by atoms with Crippen LogP contribution < -0.4 is 15.4 Å². The predicted octanol–water partition coefficient (Wildman–Crippen LogP) is 2.41. The normalized spacial score (nSPS) is 15.0. The molecule has 4 nitrogen and oxygen atoms in total. The van der Waals surface area contributed by atoms with E-state index in [-0.39, 0.29) is 11.9 Å². The van der Waals surface area contributed by atoms with Crippen LogP contribution in [0.25, 0.3) is 0 Å². The molecule has 1 atom stereocenters. The molecule has 0 unspecified atom stereocenters. The van der Waals surface area contributed by atoms with Gasteiger partial charge in [-0.3, -0.25) is 4.79 Å². The maximum Gasteiger partial charge on any atom is 0.287 e. The van der Waals surface area contributed by atoms with E-state index in [4.69, 9.17) is 4.74 Å². The second-order valence-electron chi connectivity index (χ2n) is 6.11. The highest BCUT2D eigenvalue weighted by molar-refractivity contribution is 5.95. The van der Waals surface area contributed by atoms with Crippen molar-refractivity contribution in [3.63, 3.8) is 0 Å². The van der Waals surface area contributed by atoms with Gasteiger partial charge in [0.05, 0.1) is 18.8 Å². The highest BCUT2D eigenvalue weighted by Crippen LogP contribution is 2.26. The Morgan fingerprint density at radius 1 is 1.22 bits per heavy atom. The molecule has 0 saturated heterocycles. The van der Waals surface area contributed by atoms with Crippen LogP contribution in [0.1, 0.15) is 30.0 Å². The van der Waals surface area contributed by atoms with E-state index in [1.807, 2.05) is 55.5 Å². The molecule has 1 amide bonds. The summed E-state index contributed by atoms with van der Waals surface area (Å²) in [6.07, 6.45) is 2.37. The zero-order valence-corrected chi connectivity index (χ0v) is 13.6. The molecule has 1 aliphatic rings. The van der Waals surface area contributed by atoms with E-state index in [9.17, 15) is 4.79 Å². The topological polar surface area (TPSA) is 54.9 Å². The lowest BCUT2D eigenvalue weighted by Crippen LogP contribution is -2.88. The fourth-order valence-electron chi connectivity index (χ4n) is 2.70. The smallest absolute Gasteiger partial charge is 0.287 e. The number of rotatable bonds is 6. The average Bonchev–Trinajstić information content (AvgIpc) is 3.38. The minimum absolute atomic E-state index is 0.00741. The number of carbonyl (C=O) groups excluding carboxylic acids is 1. The van der Waals surface area contributed by atoms with Crippen LogP contribution in [0.15, 0.2) is 48.5 Å². The summed E-state index contributed by atoms with van der Waals surface area (Å²) in [7, 11) is 1.62. The summed E-state index contributed by atoms with van der Waals surface area (Å²) >= 11 is 0. The van der Waals surface area contributed by atoms with Gasteiger partial charge in [-0.25, -0.2) is 0 Å². The minimum atomic E-state index is -0.228. The summed E-state index contributed by atoms with van der Waals surface area (Å²) in [5.74, 6) is 0.675. The number of quaternary nitrogens is 1. The molecule has 0 aromatic heterocycles. The Morgan fingerprint density at radius 3 is 2.61 bits per heavy atom. The Labute approximate surface area is 136 Å². The summed E-state index contributed by atoms with van der Waals surface area (Å²) < 4.78 is 5.36. The largest absolute Gasteiger partial charge is 0.495 e. The van der Waals surface area contributed by atoms with Crippen molar-refractivity contribution in [3.8, 4) is 5.75 Å². The number of hydrogen-bond donors (Lipinski definition) is 2. The second-order valence-corrected chi connectivity index (χ2v) is 6.11. The van der Waals surface area contributed by atoms with Crippen molar-refractivity contribution < 1.29 is 14.8 Å². The molecule has 1 fully saturated rings. The summed E-state index contributed by atoms with van der Waals surface area (Å²) in [6.45, 7) is 2.00. The summed E-state index contributed by atoms with van der Waals surface area (Å²) in [6, 6.07) is 16.1. The van der Waals surface area contributed by atoms with Gasteiger partial charge in [0.15, 0.2) is 6.04 Å². The number of anilines is 1. The molecule has 1 aliphatic carbocycles. The van der Waals surface area contributed by atoms with E-state index in [1.54, 1.807) is 7.11 Å². The molecule has 23 heavy (non-hydrogen) atoms. The fraction of sp³-hybridized carbons (Fsp3) is 0.316. The zero-order chi connectivity index (χ0) is 16.2. The third kappa shape index (κ3) is 3.90. The van der Waals surface area contributed by atoms with Crippen LogP contribution in [-0.2, 0) is 4.79 Å². The Hall–Kier alpha value is -2.33. The molecule has 0 radical (unpaired) electrons. The van der Waals surface area contributed by atoms with Crippen LogP contribution in [0.3, 0.4) is 0 Å². The van der Waals surface area contributed by atoms with Crippen molar-refractivity contribution in [2.45, 2.75) is 31.8 Å². The van der Waals surface area contributed by atoms with E-state index < -0.39 is 0 Å². The Balaban J connectivity index is 1.82. The van der Waals surface area contributed by atoms with Crippen molar-refractivity contribution in [2.24, 2.45) is 0 Å².